The van der Waals surface area contributed by atoms with Crippen molar-refractivity contribution in [2.75, 3.05) is 25.1 Å². The molecule has 2 aromatic rings. The van der Waals surface area contributed by atoms with Gasteiger partial charge in [-0.3, -0.25) is 4.68 Å². The molecule has 0 radical (unpaired) electrons. The maximum absolute atomic E-state index is 13.3. The zero-order valence-electron chi connectivity index (χ0n) is 14.1. The molecule has 1 N–H and O–H groups in total. The molecular weight excluding hydrogens is 312 g/mol. The second-order valence-electron chi connectivity index (χ2n) is 6.42. The predicted octanol–water partition coefficient (Wildman–Crippen LogP) is 4.04. The van der Waals surface area contributed by atoms with Gasteiger partial charge < -0.3 is 10.1 Å². The lowest BCUT2D eigenvalue weighted by atomic mass is 10.0. The van der Waals surface area contributed by atoms with Gasteiger partial charge in [0.1, 0.15) is 11.6 Å². The van der Waals surface area contributed by atoms with Crippen LogP contribution in [0.3, 0.4) is 0 Å². The molecule has 1 saturated heterocycles. The lowest BCUT2D eigenvalue weighted by Gasteiger charge is -2.23. The molecule has 1 fully saturated rings. The number of anilines is 1. The number of rotatable bonds is 5. The van der Waals surface area contributed by atoms with Crippen molar-refractivity contribution in [3.8, 4) is 0 Å². The summed E-state index contributed by atoms with van der Waals surface area (Å²) in [5.41, 5.74) is 2.69. The molecular formula is C18H23F2N3O. The summed E-state index contributed by atoms with van der Waals surface area (Å²) in [6, 6.07) is 4.04. The smallest absolute Gasteiger partial charge is 0.126 e. The number of ether oxygens (including phenoxy) is 1. The Kier molecular flexibility index (Phi) is 5.14. The van der Waals surface area contributed by atoms with E-state index in [1.165, 1.54) is 12.1 Å². The van der Waals surface area contributed by atoms with Gasteiger partial charge in [0.25, 0.3) is 0 Å². The predicted molar refractivity (Wildman–Crippen MR) is 89.3 cm³/mol. The van der Waals surface area contributed by atoms with Gasteiger partial charge in [-0.05, 0) is 43.4 Å². The number of nitrogens with one attached hydrogen (secondary N) is 1. The van der Waals surface area contributed by atoms with Crippen LogP contribution in [0.4, 0.5) is 14.5 Å². The monoisotopic (exact) mass is 335 g/mol. The Hall–Kier alpha value is -1.95. The van der Waals surface area contributed by atoms with E-state index in [-0.39, 0.29) is 5.92 Å². The fourth-order valence-electron chi connectivity index (χ4n) is 3.14. The fourth-order valence-corrected chi connectivity index (χ4v) is 3.14. The molecule has 6 heteroatoms. The van der Waals surface area contributed by atoms with Crippen LogP contribution in [0, 0.1) is 18.6 Å². The summed E-state index contributed by atoms with van der Waals surface area (Å²) in [5.74, 6) is -1.10. The topological polar surface area (TPSA) is 39.1 Å². The van der Waals surface area contributed by atoms with Crippen LogP contribution >= 0.6 is 0 Å². The Morgan fingerprint density at radius 2 is 1.92 bits per heavy atom. The van der Waals surface area contributed by atoms with Crippen molar-refractivity contribution in [3.63, 3.8) is 0 Å². The third kappa shape index (κ3) is 3.75. The Morgan fingerprint density at radius 3 is 2.58 bits per heavy atom. The molecule has 1 atom stereocenters. The van der Waals surface area contributed by atoms with Crippen molar-refractivity contribution in [3.05, 3.63) is 47.3 Å². The van der Waals surface area contributed by atoms with E-state index in [1.807, 2.05) is 20.0 Å². The number of benzene rings is 1. The molecule has 4 nitrogen and oxygen atoms in total. The normalized spacial score (nSPS) is 17.0. The minimum Gasteiger partial charge on any atom is -0.382 e. The Morgan fingerprint density at radius 1 is 1.25 bits per heavy atom. The van der Waals surface area contributed by atoms with Crippen molar-refractivity contribution < 1.29 is 13.5 Å². The molecule has 0 saturated carbocycles. The third-order valence-electron chi connectivity index (χ3n) is 4.63. The second kappa shape index (κ2) is 7.30. The first-order chi connectivity index (χ1) is 11.5. The van der Waals surface area contributed by atoms with Crippen LogP contribution in [0.5, 0.6) is 0 Å². The Bertz CT molecular complexity index is 675. The van der Waals surface area contributed by atoms with Crippen LogP contribution in [0.25, 0.3) is 0 Å². The van der Waals surface area contributed by atoms with Gasteiger partial charge in [0.2, 0.25) is 0 Å². The molecule has 0 bridgehead atoms. The Labute approximate surface area is 140 Å². The van der Waals surface area contributed by atoms with Crippen LogP contribution < -0.4 is 5.32 Å². The average molecular weight is 335 g/mol. The molecule has 0 amide bonds. The van der Waals surface area contributed by atoms with Gasteiger partial charge in [-0.2, -0.15) is 5.10 Å². The van der Waals surface area contributed by atoms with E-state index >= 15 is 0 Å². The quantitative estimate of drug-likeness (QED) is 0.896. The van der Waals surface area contributed by atoms with E-state index < -0.39 is 11.6 Å². The molecule has 1 aliphatic heterocycles. The third-order valence-corrected chi connectivity index (χ3v) is 4.63. The van der Waals surface area contributed by atoms with E-state index in [4.69, 9.17) is 4.74 Å². The number of hydrogen-bond acceptors (Lipinski definition) is 3. The molecule has 130 valence electrons. The van der Waals surface area contributed by atoms with Gasteiger partial charge in [0.15, 0.2) is 0 Å². The Balaban J connectivity index is 1.65. The number of aromatic nitrogens is 2. The fraction of sp³-hybridized carbons (Fsp3) is 0.500. The second-order valence-corrected chi connectivity index (χ2v) is 6.42. The highest BCUT2D eigenvalue weighted by Crippen LogP contribution is 2.26. The van der Waals surface area contributed by atoms with Crippen LogP contribution in [0.2, 0.25) is 0 Å². The lowest BCUT2D eigenvalue weighted by Crippen LogP contribution is -2.21. The van der Waals surface area contributed by atoms with Crippen molar-refractivity contribution in [2.24, 2.45) is 0 Å². The van der Waals surface area contributed by atoms with Gasteiger partial charge >= 0.3 is 0 Å². The molecule has 24 heavy (non-hydrogen) atoms. The molecule has 2 heterocycles. The summed E-state index contributed by atoms with van der Waals surface area (Å²) in [6.45, 7) is 6.11. The van der Waals surface area contributed by atoms with E-state index in [1.54, 1.807) is 0 Å². The maximum Gasteiger partial charge on any atom is 0.126 e. The molecule has 0 aliphatic carbocycles. The summed E-state index contributed by atoms with van der Waals surface area (Å²) in [7, 11) is 0. The molecule has 1 unspecified atom stereocenters. The highest BCUT2D eigenvalue weighted by molar-refractivity contribution is 5.46. The summed E-state index contributed by atoms with van der Waals surface area (Å²) < 4.78 is 34.1. The highest BCUT2D eigenvalue weighted by Gasteiger charge is 2.19. The van der Waals surface area contributed by atoms with Gasteiger partial charge in [0.05, 0.1) is 23.6 Å². The molecule has 1 aliphatic rings. The number of halogens is 2. The zero-order chi connectivity index (χ0) is 17.1. The number of nitrogens with zero attached hydrogens (tertiary/aromatic N) is 2. The summed E-state index contributed by atoms with van der Waals surface area (Å²) >= 11 is 0. The molecule has 0 spiro atoms. The van der Waals surface area contributed by atoms with Crippen LogP contribution in [-0.2, 0) is 4.74 Å². The maximum atomic E-state index is 13.3. The first-order valence-corrected chi connectivity index (χ1v) is 8.36. The van der Waals surface area contributed by atoms with E-state index in [0.29, 0.717) is 18.2 Å². The molecule has 1 aromatic heterocycles. The van der Waals surface area contributed by atoms with Crippen LogP contribution in [-0.4, -0.2) is 29.5 Å². The number of hydrogen-bond donors (Lipinski definition) is 1. The molecule has 3 rings (SSSR count). The van der Waals surface area contributed by atoms with Crippen molar-refractivity contribution in [2.45, 2.75) is 38.6 Å². The van der Waals surface area contributed by atoms with Crippen LogP contribution in [0.15, 0.2) is 24.4 Å². The summed E-state index contributed by atoms with van der Waals surface area (Å²) in [6.07, 6.45) is 3.77. The van der Waals surface area contributed by atoms with Crippen molar-refractivity contribution >= 4 is 5.69 Å². The zero-order valence-corrected chi connectivity index (χ0v) is 14.1. The van der Waals surface area contributed by atoms with Gasteiger partial charge in [-0.25, -0.2) is 8.78 Å². The van der Waals surface area contributed by atoms with Crippen molar-refractivity contribution in [1.29, 1.82) is 0 Å². The highest BCUT2D eigenvalue weighted by atomic mass is 19.1. The lowest BCUT2D eigenvalue weighted by molar-refractivity contribution is 0.0657. The van der Waals surface area contributed by atoms with Gasteiger partial charge in [-0.1, -0.05) is 6.92 Å². The summed E-state index contributed by atoms with van der Waals surface area (Å²) in [4.78, 5) is 0. The van der Waals surface area contributed by atoms with Crippen molar-refractivity contribution in [1.82, 2.24) is 9.78 Å². The molecule has 1 aromatic carbocycles. The van der Waals surface area contributed by atoms with E-state index in [9.17, 15) is 8.78 Å². The van der Waals surface area contributed by atoms with E-state index in [2.05, 4.69) is 15.1 Å². The van der Waals surface area contributed by atoms with E-state index in [0.717, 1.165) is 43.5 Å². The van der Waals surface area contributed by atoms with Crippen LogP contribution in [0.1, 0.15) is 43.0 Å². The SMILES string of the molecule is Cc1c(NCC(C)c2cc(F)cc(F)c2)cnn1C1CCOCC1. The first-order valence-electron chi connectivity index (χ1n) is 8.36. The van der Waals surface area contributed by atoms with Gasteiger partial charge in [0, 0.05) is 25.8 Å². The minimum absolute atomic E-state index is 0.0129. The average Bonchev–Trinajstić information content (AvgIpc) is 2.93. The van der Waals surface area contributed by atoms with Gasteiger partial charge in [-0.15, -0.1) is 0 Å². The standard InChI is InChI=1S/C18H23F2N3O/c1-12(14-7-15(19)9-16(20)8-14)10-21-18-11-22-23(13(18)2)17-3-5-24-6-4-17/h7-9,11-12,17,21H,3-6,10H2,1-2H3. The largest absolute Gasteiger partial charge is 0.382 e. The minimum atomic E-state index is -0.541. The summed E-state index contributed by atoms with van der Waals surface area (Å²) in [5, 5.41) is 7.85. The first kappa shape index (κ1) is 16.9.